The molecule has 2 bridgehead atoms. The van der Waals surface area contributed by atoms with Gasteiger partial charge in [-0.05, 0) is 170 Å². The minimum absolute atomic E-state index is 0.159. The van der Waals surface area contributed by atoms with Gasteiger partial charge in [-0.3, -0.25) is 0 Å². The molecule has 1 heteroatoms. The minimum Gasteiger partial charge on any atom is -0.310 e. The number of fused-ring (bicyclic) bond motifs is 5. The average molecular weight is 842 g/mol. The molecular formula is C64H59N. The van der Waals surface area contributed by atoms with Crippen LogP contribution in [0.4, 0.5) is 17.1 Å². The molecule has 0 saturated heterocycles. The lowest BCUT2D eigenvalue weighted by atomic mass is 9.81. The van der Waals surface area contributed by atoms with Crippen LogP contribution in [0.5, 0.6) is 0 Å². The van der Waals surface area contributed by atoms with Crippen LogP contribution in [0.1, 0.15) is 106 Å². The van der Waals surface area contributed by atoms with Crippen molar-refractivity contribution in [1.29, 1.82) is 0 Å². The van der Waals surface area contributed by atoms with E-state index in [0.29, 0.717) is 5.92 Å². The van der Waals surface area contributed by atoms with Crippen LogP contribution in [-0.4, -0.2) is 0 Å². The summed E-state index contributed by atoms with van der Waals surface area (Å²) in [5.74, 6) is 3.32. The van der Waals surface area contributed by atoms with Crippen LogP contribution in [-0.2, 0) is 5.41 Å². The van der Waals surface area contributed by atoms with Crippen molar-refractivity contribution in [3.8, 4) is 55.6 Å². The third-order valence-electron chi connectivity index (χ3n) is 16.2. The summed E-state index contributed by atoms with van der Waals surface area (Å²) in [6, 6.07) is 71.5. The smallest absolute Gasteiger partial charge is 0.0465 e. The van der Waals surface area contributed by atoms with Crippen LogP contribution in [0.25, 0.3) is 55.6 Å². The molecule has 3 fully saturated rings. The molecule has 0 heterocycles. The predicted octanol–water partition coefficient (Wildman–Crippen LogP) is 18.1. The molecule has 0 amide bonds. The van der Waals surface area contributed by atoms with Gasteiger partial charge in [-0.25, -0.2) is 0 Å². The second-order valence-electron chi connectivity index (χ2n) is 20.3. The molecule has 320 valence electrons. The largest absolute Gasteiger partial charge is 0.310 e. The zero-order chi connectivity index (χ0) is 43.5. The van der Waals surface area contributed by atoms with Crippen LogP contribution in [0.3, 0.4) is 0 Å². The highest BCUT2D eigenvalue weighted by Gasteiger charge is 2.40. The molecule has 0 N–H and O–H groups in total. The van der Waals surface area contributed by atoms with Crippen LogP contribution in [0.15, 0.2) is 188 Å². The SMILES string of the molecule is CC1(C)c2cc(N(c3ccc(-c4ccc(C5CC6CCC5C6)cc4)cc3)c3ccc(-c4ccccc4-c4ccc(C5CCCCC5)cc4)cc3)ccc2-c2c(-c3ccccc3)cccc21. The van der Waals surface area contributed by atoms with Gasteiger partial charge in [-0.15, -0.1) is 0 Å². The highest BCUT2D eigenvalue weighted by Crippen LogP contribution is 2.55. The fourth-order valence-electron chi connectivity index (χ4n) is 12.7. The lowest BCUT2D eigenvalue weighted by Crippen LogP contribution is -2.16. The molecule has 8 aromatic rings. The third-order valence-corrected chi connectivity index (χ3v) is 16.2. The van der Waals surface area contributed by atoms with Crippen molar-refractivity contribution in [1.82, 2.24) is 0 Å². The predicted molar refractivity (Wildman–Crippen MR) is 274 cm³/mol. The number of anilines is 3. The zero-order valence-electron chi connectivity index (χ0n) is 38.0. The Morgan fingerprint density at radius 2 is 0.954 bits per heavy atom. The van der Waals surface area contributed by atoms with Gasteiger partial charge in [0.15, 0.2) is 0 Å². The summed E-state index contributed by atoms with van der Waals surface area (Å²) in [5, 5.41) is 0. The van der Waals surface area contributed by atoms with Crippen LogP contribution < -0.4 is 4.90 Å². The van der Waals surface area contributed by atoms with E-state index in [4.69, 9.17) is 0 Å². The Bertz CT molecular complexity index is 2970. The highest BCUT2D eigenvalue weighted by molar-refractivity contribution is 5.94. The van der Waals surface area contributed by atoms with E-state index < -0.39 is 0 Å². The van der Waals surface area contributed by atoms with E-state index in [2.05, 4.69) is 207 Å². The third kappa shape index (κ3) is 7.25. The lowest BCUT2D eigenvalue weighted by Gasteiger charge is -2.28. The molecule has 3 unspecified atom stereocenters. The van der Waals surface area contributed by atoms with Gasteiger partial charge in [0.25, 0.3) is 0 Å². The summed E-state index contributed by atoms with van der Waals surface area (Å²) < 4.78 is 0. The maximum Gasteiger partial charge on any atom is 0.0465 e. The van der Waals surface area contributed by atoms with Crippen molar-refractivity contribution >= 4 is 17.1 Å². The number of benzene rings is 8. The summed E-state index contributed by atoms with van der Waals surface area (Å²) in [7, 11) is 0. The Balaban J connectivity index is 0.905. The van der Waals surface area contributed by atoms with Crippen LogP contribution in [0, 0.1) is 11.8 Å². The quantitative estimate of drug-likeness (QED) is 0.140. The van der Waals surface area contributed by atoms with Gasteiger partial charge in [0.1, 0.15) is 0 Å². The Morgan fingerprint density at radius 3 is 1.58 bits per heavy atom. The normalized spacial score (nSPS) is 19.5. The number of hydrogen-bond acceptors (Lipinski definition) is 1. The van der Waals surface area contributed by atoms with Crippen molar-refractivity contribution in [2.75, 3.05) is 4.90 Å². The molecule has 0 spiro atoms. The molecule has 1 nitrogen and oxygen atoms in total. The topological polar surface area (TPSA) is 3.24 Å². The second-order valence-corrected chi connectivity index (χ2v) is 20.3. The maximum atomic E-state index is 2.46. The highest BCUT2D eigenvalue weighted by atomic mass is 15.1. The monoisotopic (exact) mass is 841 g/mol. The Kier molecular flexibility index (Phi) is 10.2. The van der Waals surface area contributed by atoms with Gasteiger partial charge in [0, 0.05) is 22.5 Å². The minimum atomic E-state index is -0.159. The van der Waals surface area contributed by atoms with E-state index in [1.807, 2.05) is 0 Å². The molecule has 3 atom stereocenters. The number of hydrogen-bond donors (Lipinski definition) is 0. The summed E-state index contributed by atoms with van der Waals surface area (Å²) >= 11 is 0. The molecule has 4 aliphatic carbocycles. The zero-order valence-corrected chi connectivity index (χ0v) is 38.0. The molecule has 8 aromatic carbocycles. The molecular weight excluding hydrogens is 783 g/mol. The molecule has 12 rings (SSSR count). The van der Waals surface area contributed by atoms with Crippen molar-refractivity contribution in [2.45, 2.75) is 88.9 Å². The molecule has 0 aliphatic heterocycles. The molecule has 4 aliphatic rings. The number of nitrogens with zero attached hydrogens (tertiary/aromatic N) is 1. The van der Waals surface area contributed by atoms with Crippen molar-refractivity contribution in [2.24, 2.45) is 11.8 Å². The van der Waals surface area contributed by atoms with Gasteiger partial charge >= 0.3 is 0 Å². The first-order valence-corrected chi connectivity index (χ1v) is 24.6. The second kappa shape index (κ2) is 16.5. The average Bonchev–Trinajstić information content (AvgIpc) is 4.08. The molecule has 65 heavy (non-hydrogen) atoms. The van der Waals surface area contributed by atoms with Crippen molar-refractivity contribution < 1.29 is 0 Å². The van der Waals surface area contributed by atoms with Crippen LogP contribution >= 0.6 is 0 Å². The van der Waals surface area contributed by atoms with Gasteiger partial charge < -0.3 is 4.90 Å². The fourth-order valence-corrected chi connectivity index (χ4v) is 12.7. The van der Waals surface area contributed by atoms with Gasteiger partial charge in [-0.1, -0.05) is 191 Å². The summed E-state index contributed by atoms with van der Waals surface area (Å²) in [5.41, 5.74) is 21.9. The molecule has 3 saturated carbocycles. The van der Waals surface area contributed by atoms with Gasteiger partial charge in [0.05, 0.1) is 0 Å². The lowest BCUT2D eigenvalue weighted by molar-refractivity contribution is 0.420. The fraction of sp³-hybridized carbons (Fsp3) is 0.250. The Morgan fingerprint density at radius 1 is 0.400 bits per heavy atom. The summed E-state index contributed by atoms with van der Waals surface area (Å²) in [6.07, 6.45) is 12.4. The van der Waals surface area contributed by atoms with E-state index >= 15 is 0 Å². The van der Waals surface area contributed by atoms with E-state index in [0.717, 1.165) is 29.1 Å². The first-order valence-electron chi connectivity index (χ1n) is 24.6. The van der Waals surface area contributed by atoms with E-state index in [-0.39, 0.29) is 5.41 Å². The summed E-state index contributed by atoms with van der Waals surface area (Å²) in [6.45, 7) is 4.79. The first-order chi connectivity index (χ1) is 32.0. The van der Waals surface area contributed by atoms with Gasteiger partial charge in [-0.2, -0.15) is 0 Å². The molecule has 0 radical (unpaired) electrons. The molecule has 0 aromatic heterocycles. The standard InChI is InChI=1S/C64H59N/c1-64(2)61-19-11-18-58(48-14-7-4-8-15-48)63(61)59-39-38-55(42-62(59)64)65(53-34-30-47(31-35-53)46-24-28-51(29-25-46)60-41-43-20-21-52(60)40-43)54-36-32-50(33-37-54)57-17-10-9-16-56(57)49-26-22-45(23-27-49)44-12-5-3-6-13-44/h4,7-11,14-19,22-39,42-44,52,60H,3,5-6,12-13,20-21,40-41H2,1-2H3. The maximum absolute atomic E-state index is 2.46. The van der Waals surface area contributed by atoms with Crippen molar-refractivity contribution in [3.05, 3.63) is 210 Å². The summed E-state index contributed by atoms with van der Waals surface area (Å²) in [4.78, 5) is 2.46. The number of rotatable bonds is 9. The first kappa shape index (κ1) is 40.1. The van der Waals surface area contributed by atoms with Crippen LogP contribution in [0.2, 0.25) is 0 Å². The van der Waals surface area contributed by atoms with E-state index in [1.165, 1.54) is 136 Å². The van der Waals surface area contributed by atoms with E-state index in [1.54, 1.807) is 5.56 Å². The Hall–Kier alpha value is -6.44. The van der Waals surface area contributed by atoms with Crippen molar-refractivity contribution in [3.63, 3.8) is 0 Å². The van der Waals surface area contributed by atoms with E-state index in [9.17, 15) is 0 Å². The van der Waals surface area contributed by atoms with Gasteiger partial charge in [0.2, 0.25) is 0 Å². The Labute approximate surface area is 386 Å².